The summed E-state index contributed by atoms with van der Waals surface area (Å²) in [4.78, 5) is 62.2. The molecule has 13 heteroatoms. The third kappa shape index (κ3) is 17.3. The highest BCUT2D eigenvalue weighted by atomic mass is 127. The predicted octanol–water partition coefficient (Wildman–Crippen LogP) is 12.1. The Morgan fingerprint density at radius 2 is 1.16 bits per heavy atom. The third-order valence-corrected chi connectivity index (χ3v) is 16.3. The lowest BCUT2D eigenvalue weighted by Gasteiger charge is -2.44. The van der Waals surface area contributed by atoms with Crippen LogP contribution in [0.1, 0.15) is 180 Å². The Hall–Kier alpha value is -3.04. The zero-order chi connectivity index (χ0) is 52.7. The predicted molar refractivity (Wildman–Crippen MR) is 282 cm³/mol. The van der Waals surface area contributed by atoms with E-state index >= 15 is 0 Å². The van der Waals surface area contributed by atoms with Crippen LogP contribution in [0, 0.1) is 63.6 Å². The molecule has 2 N–H and O–H groups in total. The molecule has 1 saturated heterocycles. The number of hydrogen-bond donors (Lipinski definition) is 2. The van der Waals surface area contributed by atoms with Gasteiger partial charge in [0.2, 0.25) is 0 Å². The first-order valence-electron chi connectivity index (χ1n) is 26.4. The van der Waals surface area contributed by atoms with Crippen LogP contribution in [-0.2, 0) is 47.7 Å². The van der Waals surface area contributed by atoms with E-state index in [-0.39, 0.29) is 72.8 Å². The molecule has 1 heterocycles. The van der Waals surface area contributed by atoms with Gasteiger partial charge in [0.05, 0.1) is 42.3 Å². The quantitative estimate of drug-likeness (QED) is 0.0543. The molecule has 5 aliphatic rings. The second kappa shape index (κ2) is 27.9. The summed E-state index contributed by atoms with van der Waals surface area (Å²) >= 11 is 1.15. The molecule has 0 saturated carbocycles. The Balaban J connectivity index is 0.000000366. The van der Waals surface area contributed by atoms with Gasteiger partial charge in [0.15, 0.2) is 0 Å². The SMILES string of the molecule is CCC(C)(C)C(=O)O[C@@H](CCCC[C@@H]1C2C(=C[C@H](C)C[C@@H]2OC(=O)C(C)(C)CC)C=C[C@@H]1C)CC(=O)OC.CCC(C)(C)C(=O)O[C@H]1C[C@@H](C)C=C2C=C[C@H](C)[C@H](CC[C@@H]3C[C@H](O)CC(=O)O3)C21.OI. The molecule has 2 unspecified atom stereocenters. The maximum absolute atomic E-state index is 13.0. The number of esters is 5. The average Bonchev–Trinajstić information content (AvgIpc) is 3.30. The fraction of sp³-hybridized carbons (Fsp3) is 0.772. The van der Waals surface area contributed by atoms with Crippen molar-refractivity contribution in [1.82, 2.24) is 0 Å². The van der Waals surface area contributed by atoms with E-state index in [1.54, 1.807) is 0 Å². The van der Waals surface area contributed by atoms with Crippen LogP contribution in [0.15, 0.2) is 47.6 Å². The van der Waals surface area contributed by atoms with Crippen LogP contribution in [-0.4, -0.2) is 76.0 Å². The fourth-order valence-corrected chi connectivity index (χ4v) is 10.4. The molecule has 4 aliphatic carbocycles. The van der Waals surface area contributed by atoms with Gasteiger partial charge >= 0.3 is 29.8 Å². The largest absolute Gasteiger partial charge is 0.469 e. The van der Waals surface area contributed by atoms with Crippen molar-refractivity contribution in [2.75, 3.05) is 7.11 Å². The summed E-state index contributed by atoms with van der Waals surface area (Å²) in [5.41, 5.74) is 0.998. The molecule has 0 bridgehead atoms. The number of carbonyl (C=O) groups excluding carboxylic acids is 5. The van der Waals surface area contributed by atoms with Crippen molar-refractivity contribution in [3.8, 4) is 0 Å². The lowest BCUT2D eigenvalue weighted by molar-refractivity contribution is -0.166. The van der Waals surface area contributed by atoms with Crippen LogP contribution < -0.4 is 0 Å². The molecule has 13 atom stereocenters. The van der Waals surface area contributed by atoms with Gasteiger partial charge in [0, 0.05) is 18.3 Å². The molecule has 1 aliphatic heterocycles. The van der Waals surface area contributed by atoms with Gasteiger partial charge in [0.1, 0.15) is 47.4 Å². The third-order valence-electron chi connectivity index (χ3n) is 16.3. The molecule has 5 rings (SSSR count). The van der Waals surface area contributed by atoms with Gasteiger partial charge in [-0.1, -0.05) is 91.3 Å². The summed E-state index contributed by atoms with van der Waals surface area (Å²) in [5, 5.41) is 9.92. The van der Waals surface area contributed by atoms with E-state index in [4.69, 9.17) is 27.1 Å². The molecular weight excluding hydrogens is 1000 g/mol. The topological polar surface area (TPSA) is 172 Å². The van der Waals surface area contributed by atoms with Gasteiger partial charge in [-0.25, -0.2) is 0 Å². The zero-order valence-electron chi connectivity index (χ0n) is 45.2. The minimum Gasteiger partial charge on any atom is -0.469 e. The smallest absolute Gasteiger partial charge is 0.311 e. The summed E-state index contributed by atoms with van der Waals surface area (Å²) in [6.45, 7) is 26.4. The first-order valence-corrected chi connectivity index (χ1v) is 27.4. The minimum absolute atomic E-state index is 0.0727. The summed E-state index contributed by atoms with van der Waals surface area (Å²) in [6.07, 6.45) is 21.6. The number of unbranched alkanes of at least 4 members (excludes halogenated alkanes) is 1. The van der Waals surface area contributed by atoms with E-state index in [1.165, 1.54) is 18.3 Å². The number of halogens is 1. The number of ether oxygens (including phenoxy) is 5. The van der Waals surface area contributed by atoms with Crippen LogP contribution >= 0.6 is 23.0 Å². The van der Waals surface area contributed by atoms with E-state index in [2.05, 4.69) is 64.2 Å². The monoisotopic (exact) mass is 1090 g/mol. The molecule has 12 nitrogen and oxygen atoms in total. The lowest BCUT2D eigenvalue weighted by atomic mass is 9.65. The molecule has 1 fully saturated rings. The van der Waals surface area contributed by atoms with Crippen LogP contribution in [0.4, 0.5) is 0 Å². The molecule has 398 valence electrons. The van der Waals surface area contributed by atoms with Gasteiger partial charge in [-0.2, -0.15) is 0 Å². The molecular formula is C57H91IO12. The molecule has 0 amide bonds. The van der Waals surface area contributed by atoms with E-state index < -0.39 is 28.5 Å². The summed E-state index contributed by atoms with van der Waals surface area (Å²) in [6, 6.07) is 0. The van der Waals surface area contributed by atoms with Crippen molar-refractivity contribution in [1.29, 1.82) is 0 Å². The second-order valence-corrected chi connectivity index (χ2v) is 23.0. The number of aliphatic hydroxyl groups is 1. The molecule has 0 radical (unpaired) electrons. The Bertz CT molecular complexity index is 1860. The van der Waals surface area contributed by atoms with Crippen molar-refractivity contribution in [2.24, 2.45) is 63.6 Å². The van der Waals surface area contributed by atoms with Gasteiger partial charge in [0.25, 0.3) is 0 Å². The normalized spacial score (nSPS) is 29.9. The zero-order valence-corrected chi connectivity index (χ0v) is 47.4. The lowest BCUT2D eigenvalue weighted by Crippen LogP contribution is -2.43. The standard InChI is InChI=1S/C32H52O6.C25H38O5.HIO/c1-10-31(5,6)29(34)37-24(20-27(33)36-9)14-12-13-15-25-22(4)16-17-23-18-21(3)19-26(28(23)25)38-30(35)32(7,8)11-2;1-6-25(4,5)24(28)30-21-12-15(2)11-17-8-7-16(3)20(23(17)21)10-9-19-13-18(26)14-22(27)29-19;1-2/h16-18,21-22,24-26,28H,10-15,19-20H2,1-9H3;7-8,11,15-16,18-21,23,26H,6,9-10,12-14H2,1-5H3;2H/t21-,22-,24-,25-,26-,28?;15-,16-,18-,19+,20-,21-,23?;/m00./s1. The Morgan fingerprint density at radius 1 is 0.700 bits per heavy atom. The summed E-state index contributed by atoms with van der Waals surface area (Å²) in [5.74, 6) is 1.32. The Morgan fingerprint density at radius 3 is 1.60 bits per heavy atom. The van der Waals surface area contributed by atoms with Crippen molar-refractivity contribution in [3.05, 3.63) is 47.6 Å². The van der Waals surface area contributed by atoms with Crippen LogP contribution in [0.25, 0.3) is 0 Å². The van der Waals surface area contributed by atoms with Crippen molar-refractivity contribution >= 4 is 52.9 Å². The number of allylic oxidation sites excluding steroid dienone is 6. The number of carbonyl (C=O) groups is 5. The van der Waals surface area contributed by atoms with Gasteiger partial charge in [-0.15, -0.1) is 0 Å². The number of hydrogen-bond acceptors (Lipinski definition) is 12. The number of fused-ring (bicyclic) bond motifs is 2. The number of aliphatic hydroxyl groups excluding tert-OH is 1. The maximum Gasteiger partial charge on any atom is 0.311 e. The molecule has 0 aromatic carbocycles. The highest BCUT2D eigenvalue weighted by molar-refractivity contribution is 14.1. The fourth-order valence-electron chi connectivity index (χ4n) is 10.4. The Labute approximate surface area is 435 Å². The number of methoxy groups -OCH3 is 1. The highest BCUT2D eigenvalue weighted by Gasteiger charge is 2.45. The Kier molecular flexibility index (Phi) is 24.4. The first kappa shape index (κ1) is 61.3. The average molecular weight is 1100 g/mol. The molecule has 70 heavy (non-hydrogen) atoms. The second-order valence-electron chi connectivity index (χ2n) is 23.0. The van der Waals surface area contributed by atoms with E-state index in [9.17, 15) is 29.1 Å². The van der Waals surface area contributed by atoms with Crippen molar-refractivity contribution < 1.29 is 56.2 Å². The minimum atomic E-state index is -0.601. The molecule has 0 aromatic rings. The first-order chi connectivity index (χ1) is 32.9. The molecule has 0 spiro atoms. The van der Waals surface area contributed by atoms with Crippen molar-refractivity contribution in [2.45, 2.75) is 210 Å². The summed E-state index contributed by atoms with van der Waals surface area (Å²) < 4.78 is 35.4. The number of cyclic esters (lactones) is 1. The van der Waals surface area contributed by atoms with E-state index in [1.807, 2.05) is 62.3 Å². The molecule has 0 aromatic heterocycles. The van der Waals surface area contributed by atoms with Crippen LogP contribution in [0.3, 0.4) is 0 Å². The van der Waals surface area contributed by atoms with Gasteiger partial charge in [-0.3, -0.25) is 24.0 Å². The maximum atomic E-state index is 13.0. The summed E-state index contributed by atoms with van der Waals surface area (Å²) in [7, 11) is 1.36. The van der Waals surface area contributed by atoms with E-state index in [0.717, 1.165) is 80.8 Å². The highest BCUT2D eigenvalue weighted by Crippen LogP contribution is 2.47. The van der Waals surface area contributed by atoms with Crippen LogP contribution in [0.2, 0.25) is 0 Å². The van der Waals surface area contributed by atoms with Gasteiger partial charge in [-0.05, 0) is 152 Å². The van der Waals surface area contributed by atoms with E-state index in [0.29, 0.717) is 54.8 Å². The van der Waals surface area contributed by atoms with Crippen molar-refractivity contribution in [3.63, 3.8) is 0 Å². The van der Waals surface area contributed by atoms with Gasteiger partial charge < -0.3 is 32.2 Å². The van der Waals surface area contributed by atoms with Crippen LogP contribution in [0.5, 0.6) is 0 Å². The number of rotatable bonds is 19.